The maximum absolute atomic E-state index is 13.2. The molecule has 1 unspecified atom stereocenters. The zero-order valence-electron chi connectivity index (χ0n) is 17.2. The van der Waals surface area contributed by atoms with Crippen LogP contribution in [0.25, 0.3) is 5.76 Å². The van der Waals surface area contributed by atoms with Crippen LogP contribution < -0.4 is 9.64 Å². The van der Waals surface area contributed by atoms with E-state index in [1.807, 2.05) is 6.92 Å². The number of aliphatic hydroxyl groups excluding tert-OH is 1. The zero-order chi connectivity index (χ0) is 23.0. The first kappa shape index (κ1) is 22.0. The number of hydrogen-bond donors (Lipinski definition) is 1. The average Bonchev–Trinajstić information content (AvgIpc) is 3.04. The van der Waals surface area contributed by atoms with Crippen molar-refractivity contribution in [3.05, 3.63) is 92.7 Å². The van der Waals surface area contributed by atoms with Crippen LogP contribution in [0.3, 0.4) is 0 Å². The molecule has 1 aliphatic rings. The first-order chi connectivity index (χ1) is 15.3. The molecule has 4 rings (SSSR count). The molecule has 32 heavy (non-hydrogen) atoms. The number of methoxy groups -OCH3 is 1. The van der Waals surface area contributed by atoms with Crippen LogP contribution in [0.15, 0.2) is 71.0 Å². The van der Waals surface area contributed by atoms with Gasteiger partial charge in [0, 0.05) is 28.7 Å². The Bertz CT molecular complexity index is 1260. The Labute approximate surface area is 198 Å². The van der Waals surface area contributed by atoms with Gasteiger partial charge in [0.25, 0.3) is 11.7 Å². The van der Waals surface area contributed by atoms with E-state index in [1.165, 1.54) is 12.0 Å². The molecule has 6 nitrogen and oxygen atoms in total. The molecule has 2 aromatic carbocycles. The monoisotopic (exact) mass is 512 g/mol. The highest BCUT2D eigenvalue weighted by molar-refractivity contribution is 9.10. The lowest BCUT2D eigenvalue weighted by molar-refractivity contribution is -0.132. The Morgan fingerprint density at radius 1 is 1.12 bits per heavy atom. The number of Topliss-reactive ketones (excluding diaryl/α,β-unsaturated/α-hetero) is 1. The second-order valence-electron chi connectivity index (χ2n) is 7.23. The number of aromatic nitrogens is 1. The second-order valence-corrected chi connectivity index (χ2v) is 8.52. The van der Waals surface area contributed by atoms with E-state index in [4.69, 9.17) is 16.3 Å². The third-order valence-corrected chi connectivity index (χ3v) is 6.16. The summed E-state index contributed by atoms with van der Waals surface area (Å²) in [6.07, 6.45) is 3.16. The third kappa shape index (κ3) is 3.78. The van der Waals surface area contributed by atoms with Crippen LogP contribution in [0, 0.1) is 6.92 Å². The molecule has 1 aromatic heterocycles. The van der Waals surface area contributed by atoms with Gasteiger partial charge < -0.3 is 9.84 Å². The van der Waals surface area contributed by atoms with Crippen LogP contribution in [-0.2, 0) is 9.59 Å². The van der Waals surface area contributed by atoms with E-state index in [1.54, 1.807) is 60.9 Å². The molecule has 0 spiro atoms. The van der Waals surface area contributed by atoms with Crippen molar-refractivity contribution in [1.29, 1.82) is 0 Å². The lowest BCUT2D eigenvalue weighted by Gasteiger charge is -2.26. The number of ether oxygens (including phenoxy) is 1. The van der Waals surface area contributed by atoms with Crippen LogP contribution in [0.2, 0.25) is 5.02 Å². The fraction of sp³-hybridized carbons (Fsp3) is 0.125. The number of pyridine rings is 1. The molecule has 1 aliphatic heterocycles. The fourth-order valence-corrected chi connectivity index (χ4v) is 4.57. The van der Waals surface area contributed by atoms with E-state index >= 15 is 0 Å². The van der Waals surface area contributed by atoms with Crippen molar-refractivity contribution in [2.24, 2.45) is 0 Å². The molecule has 1 N–H and O–H groups in total. The number of halogens is 2. The number of benzene rings is 2. The van der Waals surface area contributed by atoms with Gasteiger partial charge in [-0.05, 0) is 82.5 Å². The van der Waals surface area contributed by atoms with Crippen LogP contribution in [0.4, 0.5) is 5.69 Å². The van der Waals surface area contributed by atoms with E-state index in [0.29, 0.717) is 32.1 Å². The quantitative estimate of drug-likeness (QED) is 0.285. The highest BCUT2D eigenvalue weighted by Gasteiger charge is 2.47. The number of carbonyl (C=O) groups excluding carboxylic acids is 2. The molecule has 1 fully saturated rings. The zero-order valence-corrected chi connectivity index (χ0v) is 19.5. The number of carbonyl (C=O) groups is 2. The van der Waals surface area contributed by atoms with E-state index in [-0.39, 0.29) is 11.3 Å². The minimum absolute atomic E-state index is 0.00684. The van der Waals surface area contributed by atoms with Gasteiger partial charge >= 0.3 is 0 Å². The van der Waals surface area contributed by atoms with Gasteiger partial charge in [-0.1, -0.05) is 11.6 Å². The topological polar surface area (TPSA) is 79.7 Å². The third-order valence-electron chi connectivity index (χ3n) is 5.31. The molecule has 2 heterocycles. The van der Waals surface area contributed by atoms with Crippen molar-refractivity contribution in [3.8, 4) is 5.75 Å². The standard InChI is InChI=1S/C24H18BrClN2O4/c1-13-11-16(26)4-5-18(13)28-21(14-7-9-27-10-8-14)20(23(30)24(28)31)22(29)15-3-6-19(32-2)17(25)12-15/h3-12,21,29H,1-2H3/b22-20+. The summed E-state index contributed by atoms with van der Waals surface area (Å²) >= 11 is 9.49. The van der Waals surface area contributed by atoms with Gasteiger partial charge in [-0.3, -0.25) is 19.5 Å². The first-order valence-electron chi connectivity index (χ1n) is 9.64. The molecule has 3 aromatic rings. The summed E-state index contributed by atoms with van der Waals surface area (Å²) in [5.41, 5.74) is 2.27. The molecular weight excluding hydrogens is 496 g/mol. The summed E-state index contributed by atoms with van der Waals surface area (Å²) in [6.45, 7) is 1.81. The Kier molecular flexibility index (Phi) is 6.04. The molecule has 0 aliphatic carbocycles. The molecule has 1 atom stereocenters. The summed E-state index contributed by atoms with van der Waals surface area (Å²) < 4.78 is 5.84. The average molecular weight is 514 g/mol. The number of anilines is 1. The van der Waals surface area contributed by atoms with Crippen molar-refractivity contribution in [3.63, 3.8) is 0 Å². The van der Waals surface area contributed by atoms with Gasteiger partial charge in [-0.15, -0.1) is 0 Å². The number of aryl methyl sites for hydroxylation is 1. The minimum Gasteiger partial charge on any atom is -0.507 e. The summed E-state index contributed by atoms with van der Waals surface area (Å²) in [4.78, 5) is 31.8. The van der Waals surface area contributed by atoms with E-state index in [9.17, 15) is 14.7 Å². The van der Waals surface area contributed by atoms with Gasteiger partial charge in [0.2, 0.25) is 0 Å². The molecule has 162 valence electrons. The van der Waals surface area contributed by atoms with Crippen molar-refractivity contribution in [1.82, 2.24) is 4.98 Å². The Hall–Kier alpha value is -3.16. The van der Waals surface area contributed by atoms with E-state index in [0.717, 1.165) is 5.56 Å². The smallest absolute Gasteiger partial charge is 0.300 e. The van der Waals surface area contributed by atoms with Crippen molar-refractivity contribution < 1.29 is 19.4 Å². The fourth-order valence-electron chi connectivity index (χ4n) is 3.80. The number of hydrogen-bond acceptors (Lipinski definition) is 5. The molecule has 8 heteroatoms. The summed E-state index contributed by atoms with van der Waals surface area (Å²) in [5, 5.41) is 11.7. The van der Waals surface area contributed by atoms with Crippen molar-refractivity contribution >= 4 is 50.7 Å². The van der Waals surface area contributed by atoms with Crippen LogP contribution in [-0.4, -0.2) is 28.9 Å². The van der Waals surface area contributed by atoms with E-state index < -0.39 is 17.7 Å². The molecular formula is C24H18BrClN2O4. The number of amides is 1. The number of aliphatic hydroxyl groups is 1. The highest BCUT2D eigenvalue weighted by Crippen LogP contribution is 2.43. The lowest BCUT2D eigenvalue weighted by Crippen LogP contribution is -2.30. The predicted molar refractivity (Wildman–Crippen MR) is 126 cm³/mol. The first-order valence-corrected chi connectivity index (χ1v) is 10.8. The molecule has 1 amide bonds. The highest BCUT2D eigenvalue weighted by atomic mass is 79.9. The summed E-state index contributed by atoms with van der Waals surface area (Å²) in [5.74, 6) is -1.20. The van der Waals surface area contributed by atoms with Crippen molar-refractivity contribution in [2.75, 3.05) is 12.0 Å². The molecule has 0 bridgehead atoms. The summed E-state index contributed by atoms with van der Waals surface area (Å²) in [7, 11) is 1.53. The van der Waals surface area contributed by atoms with Gasteiger partial charge in [0.1, 0.15) is 11.5 Å². The molecule has 0 radical (unpaired) electrons. The summed E-state index contributed by atoms with van der Waals surface area (Å²) in [6, 6.07) is 12.6. The number of nitrogens with zero attached hydrogens (tertiary/aromatic N) is 2. The molecule has 0 saturated carbocycles. The van der Waals surface area contributed by atoms with Crippen LogP contribution in [0.5, 0.6) is 5.75 Å². The lowest BCUT2D eigenvalue weighted by atomic mass is 9.95. The number of rotatable bonds is 4. The maximum atomic E-state index is 13.2. The largest absolute Gasteiger partial charge is 0.507 e. The Morgan fingerprint density at radius 2 is 1.84 bits per heavy atom. The van der Waals surface area contributed by atoms with Gasteiger partial charge in [0.05, 0.1) is 23.2 Å². The Balaban J connectivity index is 1.95. The van der Waals surface area contributed by atoms with Gasteiger partial charge in [-0.25, -0.2) is 0 Å². The normalized spacial score (nSPS) is 17.6. The second kappa shape index (κ2) is 8.76. The van der Waals surface area contributed by atoms with E-state index in [2.05, 4.69) is 20.9 Å². The number of ketones is 1. The van der Waals surface area contributed by atoms with Crippen molar-refractivity contribution in [2.45, 2.75) is 13.0 Å². The SMILES string of the molecule is COc1ccc(/C(O)=C2\C(=O)C(=O)N(c3ccc(Cl)cc3C)C2c2ccncc2)cc1Br. The predicted octanol–water partition coefficient (Wildman–Crippen LogP) is 5.44. The molecule has 1 saturated heterocycles. The van der Waals surface area contributed by atoms with Crippen LogP contribution in [0.1, 0.15) is 22.7 Å². The maximum Gasteiger partial charge on any atom is 0.300 e. The van der Waals surface area contributed by atoms with Gasteiger partial charge in [0.15, 0.2) is 0 Å². The van der Waals surface area contributed by atoms with Crippen LogP contribution >= 0.6 is 27.5 Å². The van der Waals surface area contributed by atoms with Gasteiger partial charge in [-0.2, -0.15) is 0 Å². The Morgan fingerprint density at radius 3 is 2.47 bits per heavy atom. The minimum atomic E-state index is -0.834.